The number of rotatable bonds is 2. The maximum Gasteiger partial charge on any atom is 0.336 e. The van der Waals surface area contributed by atoms with Gasteiger partial charge in [-0.1, -0.05) is 12.2 Å². The summed E-state index contributed by atoms with van der Waals surface area (Å²) in [6.07, 6.45) is 0.332. The Morgan fingerprint density at radius 2 is 2.31 bits per heavy atom. The minimum atomic E-state index is -1.12. The Morgan fingerprint density at radius 1 is 1.56 bits per heavy atom. The smallest absolute Gasteiger partial charge is 0.336 e. The van der Waals surface area contributed by atoms with Crippen LogP contribution in [0.5, 0.6) is 0 Å². The second-order valence-electron chi connectivity index (χ2n) is 3.27. The average molecular weight is 238 g/mol. The molecular weight excluding hydrogens is 231 g/mol. The van der Waals surface area contributed by atoms with E-state index >= 15 is 0 Å². The number of thiocarbonyl (C=S) groups is 1. The first-order valence-corrected chi connectivity index (χ1v) is 4.87. The summed E-state index contributed by atoms with van der Waals surface area (Å²) in [7, 11) is 0. The molecule has 0 aliphatic carbocycles. The Hall–Kier alpha value is -1.82. The lowest BCUT2D eigenvalue weighted by Gasteiger charge is -2.04. The Labute approximate surface area is 95.8 Å². The number of halogens is 1. The highest BCUT2D eigenvalue weighted by Crippen LogP contribution is 2.16. The van der Waals surface area contributed by atoms with Gasteiger partial charge in [0.25, 0.3) is 0 Å². The second kappa shape index (κ2) is 3.97. The van der Waals surface area contributed by atoms with E-state index in [1.54, 1.807) is 0 Å². The van der Waals surface area contributed by atoms with Gasteiger partial charge in [0.15, 0.2) is 0 Å². The summed E-state index contributed by atoms with van der Waals surface area (Å²) in [6, 6.07) is 3.48. The molecule has 6 heteroatoms. The number of hydrogen-bond acceptors (Lipinski definition) is 3. The zero-order valence-corrected chi connectivity index (χ0v) is 8.84. The second-order valence-corrected chi connectivity index (χ2v) is 3.76. The number of carboxylic acids is 1. The quantitative estimate of drug-likeness (QED) is 0.767. The van der Waals surface area contributed by atoms with Gasteiger partial charge in [0.1, 0.15) is 10.8 Å². The van der Waals surface area contributed by atoms with E-state index in [1.165, 1.54) is 6.07 Å². The Bertz CT molecular complexity index is 514. The molecule has 82 valence electrons. The van der Waals surface area contributed by atoms with E-state index in [0.29, 0.717) is 17.1 Å². The van der Waals surface area contributed by atoms with Crippen molar-refractivity contribution >= 4 is 28.9 Å². The van der Waals surface area contributed by atoms with Crippen LogP contribution in [0.4, 0.5) is 4.39 Å². The van der Waals surface area contributed by atoms with Crippen LogP contribution in [0.3, 0.4) is 0 Å². The van der Waals surface area contributed by atoms with Gasteiger partial charge in [-0.15, -0.1) is 0 Å². The number of carboxylic acid groups (broad SMARTS) is 1. The van der Waals surface area contributed by atoms with Crippen molar-refractivity contribution < 1.29 is 14.3 Å². The van der Waals surface area contributed by atoms with Crippen molar-refractivity contribution in [2.45, 2.75) is 6.42 Å². The maximum atomic E-state index is 13.1. The zero-order chi connectivity index (χ0) is 11.7. The molecule has 0 atom stereocenters. The van der Waals surface area contributed by atoms with Gasteiger partial charge in [-0.25, -0.2) is 9.18 Å². The van der Waals surface area contributed by atoms with Gasteiger partial charge >= 0.3 is 5.97 Å². The van der Waals surface area contributed by atoms with Crippen molar-refractivity contribution in [1.82, 2.24) is 5.43 Å². The van der Waals surface area contributed by atoms with Crippen LogP contribution in [0.25, 0.3) is 0 Å². The first-order valence-electron chi connectivity index (χ1n) is 4.46. The summed E-state index contributed by atoms with van der Waals surface area (Å²) < 4.78 is 13.1. The number of nitrogens with zero attached hydrogens (tertiary/aromatic N) is 1. The summed E-state index contributed by atoms with van der Waals surface area (Å²) in [5.41, 5.74) is 3.29. The van der Waals surface area contributed by atoms with Gasteiger partial charge in [-0.2, -0.15) is 5.10 Å². The Kier molecular flexibility index (Phi) is 2.66. The molecule has 0 unspecified atom stereocenters. The van der Waals surface area contributed by atoms with Crippen molar-refractivity contribution in [3.8, 4) is 0 Å². The van der Waals surface area contributed by atoms with Gasteiger partial charge in [0.2, 0.25) is 0 Å². The first-order chi connectivity index (χ1) is 7.58. The fraction of sp³-hybridized carbons (Fsp3) is 0.100. The van der Waals surface area contributed by atoms with Crippen molar-refractivity contribution in [1.29, 1.82) is 0 Å². The highest BCUT2D eigenvalue weighted by atomic mass is 32.1. The predicted molar refractivity (Wildman–Crippen MR) is 60.2 cm³/mol. The van der Waals surface area contributed by atoms with Crippen molar-refractivity contribution in [3.05, 3.63) is 35.1 Å². The third-order valence-electron chi connectivity index (χ3n) is 2.17. The number of aromatic carboxylic acids is 1. The fourth-order valence-electron chi connectivity index (χ4n) is 1.46. The van der Waals surface area contributed by atoms with Gasteiger partial charge in [-0.3, -0.25) is 5.43 Å². The number of carbonyl (C=O) groups is 1. The maximum absolute atomic E-state index is 13.1. The van der Waals surface area contributed by atoms with Gasteiger partial charge < -0.3 is 5.11 Å². The van der Waals surface area contributed by atoms with Crippen LogP contribution in [0.15, 0.2) is 23.3 Å². The van der Waals surface area contributed by atoms with Crippen LogP contribution in [0.2, 0.25) is 0 Å². The molecule has 0 amide bonds. The molecule has 0 spiro atoms. The van der Waals surface area contributed by atoms with Crippen molar-refractivity contribution in [2.75, 3.05) is 0 Å². The normalized spacial score (nSPS) is 14.6. The summed E-state index contributed by atoms with van der Waals surface area (Å²) in [5.74, 6) is -1.61. The summed E-state index contributed by atoms with van der Waals surface area (Å²) in [5, 5.41) is 12.8. The Morgan fingerprint density at radius 3 is 2.88 bits per heavy atom. The van der Waals surface area contributed by atoms with E-state index in [-0.39, 0.29) is 11.1 Å². The third kappa shape index (κ3) is 1.92. The van der Waals surface area contributed by atoms with E-state index in [2.05, 4.69) is 10.5 Å². The molecule has 0 saturated carbocycles. The molecule has 1 aromatic carbocycles. The summed E-state index contributed by atoms with van der Waals surface area (Å²) >= 11 is 4.87. The molecule has 0 radical (unpaired) electrons. The lowest BCUT2D eigenvalue weighted by molar-refractivity contribution is 0.0696. The van der Waals surface area contributed by atoms with Crippen molar-refractivity contribution in [3.63, 3.8) is 0 Å². The van der Waals surface area contributed by atoms with E-state index in [9.17, 15) is 9.18 Å². The predicted octanol–water partition coefficient (Wildman–Crippen LogP) is 1.55. The molecule has 0 saturated heterocycles. The van der Waals surface area contributed by atoms with E-state index < -0.39 is 11.8 Å². The molecule has 16 heavy (non-hydrogen) atoms. The number of nitrogens with one attached hydrogen (secondary N) is 1. The molecule has 1 aliphatic rings. The van der Waals surface area contributed by atoms with Gasteiger partial charge in [-0.05, 0) is 18.2 Å². The average Bonchev–Trinajstić information content (AvgIpc) is 2.64. The standard InChI is InChI=1S/C10H7FN2O2S/c11-5-1-2-6(10(14)15)7(3-5)8-4-9(16)13-12-8/h1-3H,4H2,(H,13,16)(H,14,15). The molecule has 4 nitrogen and oxygen atoms in total. The van der Waals surface area contributed by atoms with Crippen LogP contribution < -0.4 is 5.43 Å². The number of hydrazone groups is 1. The zero-order valence-electron chi connectivity index (χ0n) is 8.03. The van der Waals surface area contributed by atoms with Crippen LogP contribution >= 0.6 is 12.2 Å². The summed E-state index contributed by atoms with van der Waals surface area (Å²) in [6.45, 7) is 0. The lowest BCUT2D eigenvalue weighted by atomic mass is 10.0. The molecule has 0 bridgehead atoms. The number of hydrogen-bond donors (Lipinski definition) is 2. The Balaban J connectivity index is 2.50. The van der Waals surface area contributed by atoms with Crippen LogP contribution in [0, 0.1) is 5.82 Å². The molecule has 1 aromatic rings. The van der Waals surface area contributed by atoms with Crippen LogP contribution in [0.1, 0.15) is 22.3 Å². The number of benzene rings is 1. The molecule has 0 aromatic heterocycles. The minimum absolute atomic E-state index is 0.0200. The van der Waals surface area contributed by atoms with Crippen LogP contribution in [-0.4, -0.2) is 21.8 Å². The first kappa shape index (κ1) is 10.7. The SMILES string of the molecule is O=C(O)c1ccc(F)cc1C1=NNC(=S)C1. The fourth-order valence-corrected chi connectivity index (χ4v) is 1.64. The monoisotopic (exact) mass is 238 g/mol. The van der Waals surface area contributed by atoms with Gasteiger partial charge in [0, 0.05) is 12.0 Å². The van der Waals surface area contributed by atoms with Crippen LogP contribution in [-0.2, 0) is 0 Å². The molecule has 2 rings (SSSR count). The topological polar surface area (TPSA) is 61.7 Å². The third-order valence-corrected chi connectivity index (χ3v) is 2.40. The molecule has 1 aliphatic heterocycles. The molecular formula is C10H7FN2O2S. The van der Waals surface area contributed by atoms with E-state index in [4.69, 9.17) is 17.3 Å². The largest absolute Gasteiger partial charge is 0.478 e. The highest BCUT2D eigenvalue weighted by molar-refractivity contribution is 7.80. The van der Waals surface area contributed by atoms with E-state index in [0.717, 1.165) is 12.1 Å². The summed E-state index contributed by atoms with van der Waals surface area (Å²) in [4.78, 5) is 11.4. The van der Waals surface area contributed by atoms with Crippen molar-refractivity contribution in [2.24, 2.45) is 5.10 Å². The molecule has 0 fully saturated rings. The molecule has 1 heterocycles. The van der Waals surface area contributed by atoms with Gasteiger partial charge in [0.05, 0.1) is 11.3 Å². The minimum Gasteiger partial charge on any atom is -0.478 e. The molecule has 2 N–H and O–H groups in total. The highest BCUT2D eigenvalue weighted by Gasteiger charge is 2.20. The van der Waals surface area contributed by atoms with E-state index in [1.807, 2.05) is 0 Å². The lowest BCUT2D eigenvalue weighted by Crippen LogP contribution is -2.09.